The van der Waals surface area contributed by atoms with Crippen molar-refractivity contribution in [1.29, 1.82) is 0 Å². The van der Waals surface area contributed by atoms with E-state index in [2.05, 4.69) is 0 Å². The van der Waals surface area contributed by atoms with Gasteiger partial charge in [0.05, 0.1) is 0 Å². The second-order valence-corrected chi connectivity index (χ2v) is 3.99. The first-order valence-corrected chi connectivity index (χ1v) is 5.47. The van der Waals surface area contributed by atoms with Crippen LogP contribution < -0.4 is 10.5 Å². The SMILES string of the molecule is Cl.NC1CCN(C(=O)COc2ccccc2)C1. The number of halogens is 1. The van der Waals surface area contributed by atoms with Crippen LogP contribution in [0.25, 0.3) is 0 Å². The summed E-state index contributed by atoms with van der Waals surface area (Å²) in [5.74, 6) is 0.733. The van der Waals surface area contributed by atoms with Crippen molar-refractivity contribution in [3.05, 3.63) is 30.3 Å². The maximum atomic E-state index is 11.7. The summed E-state index contributed by atoms with van der Waals surface area (Å²) in [6.07, 6.45) is 0.886. The Hall–Kier alpha value is -1.26. The monoisotopic (exact) mass is 256 g/mol. The van der Waals surface area contributed by atoms with E-state index >= 15 is 0 Å². The zero-order valence-corrected chi connectivity index (χ0v) is 10.4. The summed E-state index contributed by atoms with van der Waals surface area (Å²) in [4.78, 5) is 13.5. The number of amides is 1. The van der Waals surface area contributed by atoms with E-state index in [1.54, 1.807) is 4.90 Å². The summed E-state index contributed by atoms with van der Waals surface area (Å²) in [7, 11) is 0. The van der Waals surface area contributed by atoms with Crippen molar-refractivity contribution in [3.8, 4) is 5.75 Å². The molecule has 1 aliphatic heterocycles. The van der Waals surface area contributed by atoms with E-state index in [-0.39, 0.29) is 31.0 Å². The molecule has 1 heterocycles. The second kappa shape index (κ2) is 6.47. The molecule has 1 aliphatic rings. The molecule has 1 aromatic rings. The highest BCUT2D eigenvalue weighted by molar-refractivity contribution is 5.85. The van der Waals surface area contributed by atoms with E-state index in [0.717, 1.165) is 18.7 Å². The lowest BCUT2D eigenvalue weighted by Gasteiger charge is -2.15. The Balaban J connectivity index is 0.00000144. The zero-order valence-electron chi connectivity index (χ0n) is 9.54. The maximum absolute atomic E-state index is 11.7. The molecule has 1 unspecified atom stereocenters. The first-order valence-electron chi connectivity index (χ1n) is 5.47. The molecule has 5 heteroatoms. The van der Waals surface area contributed by atoms with E-state index in [0.29, 0.717) is 6.54 Å². The van der Waals surface area contributed by atoms with Crippen molar-refractivity contribution in [2.75, 3.05) is 19.7 Å². The lowest BCUT2D eigenvalue weighted by Crippen LogP contribution is -2.35. The zero-order chi connectivity index (χ0) is 11.4. The van der Waals surface area contributed by atoms with Gasteiger partial charge in [0, 0.05) is 19.1 Å². The number of ether oxygens (including phenoxy) is 1. The molecule has 2 rings (SSSR count). The number of rotatable bonds is 3. The van der Waals surface area contributed by atoms with Gasteiger partial charge in [0.1, 0.15) is 5.75 Å². The van der Waals surface area contributed by atoms with Crippen molar-refractivity contribution >= 4 is 18.3 Å². The summed E-state index contributed by atoms with van der Waals surface area (Å²) >= 11 is 0. The van der Waals surface area contributed by atoms with Gasteiger partial charge in [0.2, 0.25) is 0 Å². The van der Waals surface area contributed by atoms with Gasteiger partial charge in [-0.3, -0.25) is 4.79 Å². The smallest absolute Gasteiger partial charge is 0.260 e. The van der Waals surface area contributed by atoms with Crippen molar-refractivity contribution in [1.82, 2.24) is 4.90 Å². The molecule has 1 fully saturated rings. The molecule has 0 bridgehead atoms. The standard InChI is InChI=1S/C12H16N2O2.ClH/c13-10-6-7-14(8-10)12(15)9-16-11-4-2-1-3-5-11;/h1-5,10H,6-9,13H2;1H. The summed E-state index contributed by atoms with van der Waals surface area (Å²) < 4.78 is 5.38. The minimum atomic E-state index is 0. The Morgan fingerprint density at radius 1 is 1.41 bits per heavy atom. The Morgan fingerprint density at radius 2 is 2.12 bits per heavy atom. The van der Waals surface area contributed by atoms with E-state index in [9.17, 15) is 4.79 Å². The van der Waals surface area contributed by atoms with Gasteiger partial charge in [0.25, 0.3) is 5.91 Å². The van der Waals surface area contributed by atoms with Crippen LogP contribution in [0.15, 0.2) is 30.3 Å². The van der Waals surface area contributed by atoms with E-state index in [1.165, 1.54) is 0 Å². The summed E-state index contributed by atoms with van der Waals surface area (Å²) in [6, 6.07) is 9.47. The molecule has 1 amide bonds. The van der Waals surface area contributed by atoms with Crippen LogP contribution in [-0.4, -0.2) is 36.5 Å². The average molecular weight is 257 g/mol. The highest BCUT2D eigenvalue weighted by atomic mass is 35.5. The van der Waals surface area contributed by atoms with Crippen molar-refractivity contribution in [3.63, 3.8) is 0 Å². The third kappa shape index (κ3) is 3.91. The lowest BCUT2D eigenvalue weighted by molar-refractivity contribution is -0.132. The van der Waals surface area contributed by atoms with Crippen LogP contribution in [0.5, 0.6) is 5.75 Å². The fourth-order valence-electron chi connectivity index (χ4n) is 1.77. The molecule has 0 radical (unpaired) electrons. The van der Waals surface area contributed by atoms with E-state index in [1.807, 2.05) is 30.3 Å². The van der Waals surface area contributed by atoms with Crippen molar-refractivity contribution < 1.29 is 9.53 Å². The molecule has 0 aliphatic carbocycles. The van der Waals surface area contributed by atoms with Crippen LogP contribution in [0.4, 0.5) is 0 Å². The predicted octanol–water partition coefficient (Wildman–Crippen LogP) is 1.05. The Labute approximate surface area is 107 Å². The first-order chi connectivity index (χ1) is 7.75. The number of likely N-dealkylation sites (tertiary alicyclic amines) is 1. The van der Waals surface area contributed by atoms with Crippen molar-refractivity contribution in [2.24, 2.45) is 5.73 Å². The minimum Gasteiger partial charge on any atom is -0.484 e. The Bertz CT molecular complexity index is 359. The number of nitrogens with zero attached hydrogens (tertiary/aromatic N) is 1. The summed E-state index contributed by atoms with van der Waals surface area (Å²) in [5.41, 5.74) is 5.74. The second-order valence-electron chi connectivity index (χ2n) is 3.99. The van der Waals surface area contributed by atoms with Gasteiger partial charge in [-0.05, 0) is 18.6 Å². The number of para-hydroxylation sites is 1. The fraction of sp³-hybridized carbons (Fsp3) is 0.417. The largest absolute Gasteiger partial charge is 0.484 e. The summed E-state index contributed by atoms with van der Waals surface area (Å²) in [6.45, 7) is 1.49. The molecule has 4 nitrogen and oxygen atoms in total. The van der Waals surface area contributed by atoms with Crippen molar-refractivity contribution in [2.45, 2.75) is 12.5 Å². The van der Waals surface area contributed by atoms with Gasteiger partial charge in [-0.15, -0.1) is 12.4 Å². The Kier molecular flexibility index (Phi) is 5.25. The molecule has 0 aromatic heterocycles. The lowest BCUT2D eigenvalue weighted by atomic mass is 10.3. The number of hydrogen-bond donors (Lipinski definition) is 1. The summed E-state index contributed by atoms with van der Waals surface area (Å²) in [5, 5.41) is 0. The quantitative estimate of drug-likeness (QED) is 0.880. The predicted molar refractivity (Wildman–Crippen MR) is 68.4 cm³/mol. The van der Waals surface area contributed by atoms with E-state index in [4.69, 9.17) is 10.5 Å². The number of carbonyl (C=O) groups is 1. The normalized spacial score (nSPS) is 18.6. The number of carbonyl (C=O) groups excluding carboxylic acids is 1. The van der Waals surface area contributed by atoms with E-state index < -0.39 is 0 Å². The molecular weight excluding hydrogens is 240 g/mol. The molecule has 1 aromatic carbocycles. The minimum absolute atomic E-state index is 0. The van der Waals surface area contributed by atoms with Gasteiger partial charge >= 0.3 is 0 Å². The van der Waals surface area contributed by atoms with Crippen LogP contribution in [0.1, 0.15) is 6.42 Å². The highest BCUT2D eigenvalue weighted by Gasteiger charge is 2.23. The van der Waals surface area contributed by atoms with Gasteiger partial charge < -0.3 is 15.4 Å². The molecule has 1 atom stereocenters. The topological polar surface area (TPSA) is 55.6 Å². The third-order valence-electron chi connectivity index (χ3n) is 2.68. The van der Waals surface area contributed by atoms with Crippen LogP contribution in [0, 0.1) is 0 Å². The van der Waals surface area contributed by atoms with Gasteiger partial charge in [-0.25, -0.2) is 0 Å². The molecular formula is C12H17ClN2O2. The van der Waals surface area contributed by atoms with Crippen LogP contribution in [0.2, 0.25) is 0 Å². The molecule has 2 N–H and O–H groups in total. The fourth-order valence-corrected chi connectivity index (χ4v) is 1.77. The van der Waals surface area contributed by atoms with Crippen LogP contribution in [0.3, 0.4) is 0 Å². The molecule has 17 heavy (non-hydrogen) atoms. The average Bonchev–Trinajstić information content (AvgIpc) is 2.74. The molecule has 94 valence electrons. The number of benzene rings is 1. The van der Waals surface area contributed by atoms with Gasteiger partial charge in [0.15, 0.2) is 6.61 Å². The third-order valence-corrected chi connectivity index (χ3v) is 2.68. The van der Waals surface area contributed by atoms with Crippen LogP contribution >= 0.6 is 12.4 Å². The maximum Gasteiger partial charge on any atom is 0.260 e. The molecule has 0 saturated carbocycles. The van der Waals surface area contributed by atoms with Gasteiger partial charge in [-0.2, -0.15) is 0 Å². The Morgan fingerprint density at radius 3 is 2.71 bits per heavy atom. The number of nitrogens with two attached hydrogens (primary N) is 1. The first kappa shape index (κ1) is 13.8. The molecule has 0 spiro atoms. The van der Waals surface area contributed by atoms with Gasteiger partial charge in [-0.1, -0.05) is 18.2 Å². The molecule has 1 saturated heterocycles. The van der Waals surface area contributed by atoms with Crippen LogP contribution in [-0.2, 0) is 4.79 Å². The highest BCUT2D eigenvalue weighted by Crippen LogP contribution is 2.10. The number of hydrogen-bond acceptors (Lipinski definition) is 3.